The predicted molar refractivity (Wildman–Crippen MR) is 73.5 cm³/mol. The number of aromatic amines is 1. The summed E-state index contributed by atoms with van der Waals surface area (Å²) in [6.45, 7) is 1.69. The van der Waals surface area contributed by atoms with Gasteiger partial charge in [0, 0.05) is 17.7 Å². The first-order chi connectivity index (χ1) is 9.51. The average molecular weight is 273 g/mol. The van der Waals surface area contributed by atoms with Gasteiger partial charge >= 0.3 is 5.97 Å². The van der Waals surface area contributed by atoms with Crippen molar-refractivity contribution in [2.24, 2.45) is 0 Å². The van der Waals surface area contributed by atoms with Crippen LogP contribution in [0.2, 0.25) is 0 Å². The molecule has 2 N–H and O–H groups in total. The molecule has 0 bridgehead atoms. The Morgan fingerprint density at radius 3 is 2.65 bits per heavy atom. The van der Waals surface area contributed by atoms with Crippen LogP contribution in [0.4, 0.5) is 0 Å². The summed E-state index contributed by atoms with van der Waals surface area (Å²) in [6.07, 6.45) is 0.203. The van der Waals surface area contributed by atoms with Crippen molar-refractivity contribution in [3.63, 3.8) is 0 Å². The third-order valence-corrected chi connectivity index (χ3v) is 3.04. The number of carboxylic acid groups (broad SMARTS) is 1. The number of benzene rings is 1. The fourth-order valence-corrected chi connectivity index (χ4v) is 2.03. The molecule has 5 heteroatoms. The fraction of sp³-hybridized carbons (Fsp3) is 0.200. The molecule has 20 heavy (non-hydrogen) atoms. The van der Waals surface area contributed by atoms with Crippen molar-refractivity contribution in [2.45, 2.75) is 13.3 Å². The van der Waals surface area contributed by atoms with Crippen molar-refractivity contribution in [3.8, 4) is 5.75 Å². The number of methoxy groups -OCH3 is 1. The van der Waals surface area contributed by atoms with Crippen LogP contribution in [0.5, 0.6) is 5.75 Å². The molecule has 0 spiro atoms. The van der Waals surface area contributed by atoms with Gasteiger partial charge in [0.2, 0.25) is 0 Å². The molecule has 1 heterocycles. The minimum Gasteiger partial charge on any atom is -0.497 e. The fourth-order valence-electron chi connectivity index (χ4n) is 2.03. The quantitative estimate of drug-likeness (QED) is 0.820. The van der Waals surface area contributed by atoms with E-state index in [0.29, 0.717) is 17.0 Å². The number of hydrogen-bond donors (Lipinski definition) is 2. The maximum Gasteiger partial charge on any atom is 0.352 e. The Morgan fingerprint density at radius 1 is 1.30 bits per heavy atom. The van der Waals surface area contributed by atoms with Gasteiger partial charge in [0.1, 0.15) is 11.4 Å². The Bertz CT molecular complexity index is 658. The van der Waals surface area contributed by atoms with Gasteiger partial charge in [0.05, 0.1) is 7.11 Å². The van der Waals surface area contributed by atoms with Crippen molar-refractivity contribution in [1.29, 1.82) is 0 Å². The summed E-state index contributed by atoms with van der Waals surface area (Å²) in [5, 5.41) is 8.90. The lowest BCUT2D eigenvalue weighted by Crippen LogP contribution is -2.04. The van der Waals surface area contributed by atoms with Crippen LogP contribution in [0.25, 0.3) is 0 Å². The summed E-state index contributed by atoms with van der Waals surface area (Å²) in [6, 6.07) is 8.62. The number of hydrogen-bond acceptors (Lipinski definition) is 3. The summed E-state index contributed by atoms with van der Waals surface area (Å²) < 4.78 is 5.11. The van der Waals surface area contributed by atoms with Gasteiger partial charge in [0.15, 0.2) is 5.78 Å². The number of aromatic nitrogens is 1. The van der Waals surface area contributed by atoms with Crippen LogP contribution in [-0.4, -0.2) is 29.0 Å². The second kappa shape index (κ2) is 5.61. The number of carbonyl (C=O) groups is 2. The molecule has 0 unspecified atom stereocenters. The molecule has 104 valence electrons. The highest BCUT2D eigenvalue weighted by Crippen LogP contribution is 2.17. The minimum atomic E-state index is -1.08. The number of ether oxygens (including phenoxy) is 1. The first kappa shape index (κ1) is 13.9. The second-order valence-corrected chi connectivity index (χ2v) is 4.48. The maximum atomic E-state index is 12.2. The number of carboxylic acids is 1. The van der Waals surface area contributed by atoms with Crippen LogP contribution < -0.4 is 4.74 Å². The summed E-state index contributed by atoms with van der Waals surface area (Å²) in [5.74, 6) is -0.514. The van der Waals surface area contributed by atoms with E-state index in [2.05, 4.69) is 4.98 Å². The maximum absolute atomic E-state index is 12.2. The Morgan fingerprint density at radius 2 is 2.05 bits per heavy atom. The number of carbonyl (C=O) groups excluding carboxylic acids is 1. The first-order valence-corrected chi connectivity index (χ1v) is 6.10. The third kappa shape index (κ3) is 2.88. The lowest BCUT2D eigenvalue weighted by Gasteiger charge is -2.04. The van der Waals surface area contributed by atoms with E-state index in [4.69, 9.17) is 9.84 Å². The molecule has 0 saturated carbocycles. The van der Waals surface area contributed by atoms with Crippen molar-refractivity contribution in [2.75, 3.05) is 7.11 Å². The highest BCUT2D eigenvalue weighted by molar-refractivity contribution is 6.01. The highest BCUT2D eigenvalue weighted by atomic mass is 16.5. The Kier molecular flexibility index (Phi) is 3.89. The summed E-state index contributed by atoms with van der Waals surface area (Å²) in [5.41, 5.74) is 1.82. The molecule has 2 aromatic rings. The topological polar surface area (TPSA) is 79.4 Å². The Labute approximate surface area is 116 Å². The van der Waals surface area contributed by atoms with Crippen molar-refractivity contribution >= 4 is 11.8 Å². The molecule has 2 rings (SSSR count). The molecular weight excluding hydrogens is 258 g/mol. The lowest BCUT2D eigenvalue weighted by molar-refractivity contribution is 0.0691. The molecule has 0 aliphatic heterocycles. The molecule has 0 atom stereocenters. The van der Waals surface area contributed by atoms with Crippen LogP contribution in [-0.2, 0) is 6.42 Å². The summed E-state index contributed by atoms with van der Waals surface area (Å²) in [4.78, 5) is 25.8. The zero-order chi connectivity index (χ0) is 14.7. The molecule has 1 aromatic carbocycles. The standard InChI is InChI=1S/C15H15NO4/c1-9-12(8-13(16-9)15(18)19)14(17)7-10-4-3-5-11(6-10)20-2/h3-6,8,16H,7H2,1-2H3,(H,18,19). The Hall–Kier alpha value is -2.56. The zero-order valence-electron chi connectivity index (χ0n) is 11.3. The largest absolute Gasteiger partial charge is 0.497 e. The minimum absolute atomic E-state index is 0.0245. The van der Waals surface area contributed by atoms with Gasteiger partial charge in [-0.05, 0) is 30.7 Å². The molecule has 0 saturated heterocycles. The van der Waals surface area contributed by atoms with Gasteiger partial charge in [-0.2, -0.15) is 0 Å². The van der Waals surface area contributed by atoms with E-state index >= 15 is 0 Å². The highest BCUT2D eigenvalue weighted by Gasteiger charge is 2.16. The van der Waals surface area contributed by atoms with E-state index in [1.54, 1.807) is 26.2 Å². The smallest absolute Gasteiger partial charge is 0.352 e. The van der Waals surface area contributed by atoms with Gasteiger partial charge < -0.3 is 14.8 Å². The lowest BCUT2D eigenvalue weighted by atomic mass is 10.0. The van der Waals surface area contributed by atoms with E-state index < -0.39 is 5.97 Å². The van der Waals surface area contributed by atoms with Gasteiger partial charge in [0.25, 0.3) is 0 Å². The van der Waals surface area contributed by atoms with Crippen LogP contribution in [0.3, 0.4) is 0 Å². The SMILES string of the molecule is COc1cccc(CC(=O)c2cc(C(=O)O)[nH]c2C)c1. The molecule has 0 aliphatic carbocycles. The number of ketones is 1. The van der Waals surface area contributed by atoms with Crippen LogP contribution in [0.1, 0.15) is 32.1 Å². The normalized spacial score (nSPS) is 10.3. The van der Waals surface area contributed by atoms with Gasteiger partial charge in [-0.25, -0.2) is 4.79 Å². The van der Waals surface area contributed by atoms with Gasteiger partial charge in [-0.3, -0.25) is 4.79 Å². The Balaban J connectivity index is 2.21. The average Bonchev–Trinajstić information content (AvgIpc) is 2.81. The van der Waals surface area contributed by atoms with E-state index in [1.165, 1.54) is 6.07 Å². The molecule has 5 nitrogen and oxygen atoms in total. The number of H-pyrrole nitrogens is 1. The molecule has 0 aliphatic rings. The van der Waals surface area contributed by atoms with Crippen molar-refractivity contribution < 1.29 is 19.4 Å². The van der Waals surface area contributed by atoms with Gasteiger partial charge in [-0.1, -0.05) is 12.1 Å². The van der Waals surface area contributed by atoms with Crippen LogP contribution >= 0.6 is 0 Å². The van der Waals surface area contributed by atoms with Crippen molar-refractivity contribution in [3.05, 3.63) is 52.8 Å². The molecular formula is C15H15NO4. The first-order valence-electron chi connectivity index (χ1n) is 6.10. The van der Waals surface area contributed by atoms with E-state index in [0.717, 1.165) is 5.56 Å². The van der Waals surface area contributed by atoms with E-state index in [1.807, 2.05) is 12.1 Å². The summed E-state index contributed by atoms with van der Waals surface area (Å²) in [7, 11) is 1.57. The predicted octanol–water partition coefficient (Wildman–Crippen LogP) is 2.46. The van der Waals surface area contributed by atoms with E-state index in [-0.39, 0.29) is 17.9 Å². The number of Topliss-reactive ketones (excluding diaryl/α,β-unsaturated/α-hetero) is 1. The van der Waals surface area contributed by atoms with E-state index in [9.17, 15) is 9.59 Å². The molecule has 1 aromatic heterocycles. The monoisotopic (exact) mass is 273 g/mol. The van der Waals surface area contributed by atoms with Crippen molar-refractivity contribution in [1.82, 2.24) is 4.98 Å². The molecule has 0 amide bonds. The number of nitrogens with one attached hydrogen (secondary N) is 1. The van der Waals surface area contributed by atoms with Crippen LogP contribution in [0, 0.1) is 6.92 Å². The number of aromatic carboxylic acids is 1. The number of aryl methyl sites for hydroxylation is 1. The number of rotatable bonds is 5. The molecule has 0 fully saturated rings. The van der Waals surface area contributed by atoms with Gasteiger partial charge in [-0.15, -0.1) is 0 Å². The molecule has 0 radical (unpaired) electrons. The van der Waals surface area contributed by atoms with Crippen LogP contribution in [0.15, 0.2) is 30.3 Å². The summed E-state index contributed by atoms with van der Waals surface area (Å²) >= 11 is 0. The zero-order valence-corrected chi connectivity index (χ0v) is 11.3. The second-order valence-electron chi connectivity index (χ2n) is 4.48. The third-order valence-electron chi connectivity index (χ3n) is 3.04.